The van der Waals surface area contributed by atoms with Crippen LogP contribution in [0, 0.1) is 20.2 Å². The molecule has 11 nitrogen and oxygen atoms in total. The highest BCUT2D eigenvalue weighted by atomic mass is 16.6. The zero-order valence-corrected chi connectivity index (χ0v) is 14.0. The summed E-state index contributed by atoms with van der Waals surface area (Å²) >= 11 is 0. The molecule has 0 aliphatic carbocycles. The zero-order chi connectivity index (χ0) is 19.8. The van der Waals surface area contributed by atoms with E-state index in [2.05, 4.69) is 15.1 Å². The number of benzene rings is 2. The zero-order valence-electron chi connectivity index (χ0n) is 14.0. The van der Waals surface area contributed by atoms with Crippen LogP contribution in [0.5, 0.6) is 0 Å². The molecule has 0 aliphatic heterocycles. The van der Waals surface area contributed by atoms with Gasteiger partial charge in [0.15, 0.2) is 5.65 Å². The molecule has 0 aliphatic rings. The minimum Gasteiger partial charge on any atom is -0.306 e. The number of nitro groups is 2. The molecule has 0 unspecified atom stereocenters. The fourth-order valence-electron chi connectivity index (χ4n) is 2.78. The molecule has 0 bridgehead atoms. The van der Waals surface area contributed by atoms with Crippen molar-refractivity contribution in [1.29, 1.82) is 0 Å². The van der Waals surface area contributed by atoms with Crippen molar-refractivity contribution in [1.82, 2.24) is 19.7 Å². The highest BCUT2D eigenvalue weighted by Gasteiger charge is 2.23. The van der Waals surface area contributed by atoms with Gasteiger partial charge in [-0.15, -0.1) is 0 Å². The van der Waals surface area contributed by atoms with Crippen molar-refractivity contribution < 1.29 is 9.85 Å². The average Bonchev–Trinajstić information content (AvgIpc) is 3.12. The van der Waals surface area contributed by atoms with Crippen molar-refractivity contribution >= 4 is 22.4 Å². The Kier molecular flexibility index (Phi) is 3.89. The van der Waals surface area contributed by atoms with Gasteiger partial charge in [-0.2, -0.15) is 5.10 Å². The van der Waals surface area contributed by atoms with E-state index < -0.39 is 26.8 Å². The van der Waals surface area contributed by atoms with Gasteiger partial charge in [0, 0.05) is 11.6 Å². The van der Waals surface area contributed by atoms with Crippen LogP contribution in [0.1, 0.15) is 0 Å². The van der Waals surface area contributed by atoms with E-state index in [1.807, 2.05) is 6.07 Å². The van der Waals surface area contributed by atoms with Crippen LogP contribution in [-0.2, 0) is 0 Å². The highest BCUT2D eigenvalue weighted by Crippen LogP contribution is 2.29. The largest absolute Gasteiger partial charge is 0.306 e. The van der Waals surface area contributed by atoms with Crippen molar-refractivity contribution in [2.75, 3.05) is 0 Å². The van der Waals surface area contributed by atoms with Crippen LogP contribution in [0.4, 0.5) is 11.4 Å². The van der Waals surface area contributed by atoms with Gasteiger partial charge in [-0.25, -0.2) is 9.67 Å². The Morgan fingerprint density at radius 2 is 1.75 bits per heavy atom. The predicted molar refractivity (Wildman–Crippen MR) is 98.2 cm³/mol. The van der Waals surface area contributed by atoms with Gasteiger partial charge < -0.3 is 4.98 Å². The number of aromatic amines is 1. The monoisotopic (exact) mass is 378 g/mol. The lowest BCUT2D eigenvalue weighted by atomic mass is 10.2. The topological polar surface area (TPSA) is 150 Å². The first-order valence-corrected chi connectivity index (χ1v) is 7.92. The lowest BCUT2D eigenvalue weighted by Crippen LogP contribution is -2.10. The van der Waals surface area contributed by atoms with E-state index in [4.69, 9.17) is 0 Å². The van der Waals surface area contributed by atoms with Crippen LogP contribution in [0.3, 0.4) is 0 Å². The molecule has 4 aromatic rings. The molecular formula is C17H10N6O5. The fraction of sp³-hybridized carbons (Fsp3) is 0. The van der Waals surface area contributed by atoms with Gasteiger partial charge in [0.25, 0.3) is 11.2 Å². The molecule has 1 N–H and O–H groups in total. The summed E-state index contributed by atoms with van der Waals surface area (Å²) in [5.41, 5.74) is -0.709. The number of hydrogen-bond donors (Lipinski definition) is 1. The second-order valence-corrected chi connectivity index (χ2v) is 5.76. The number of non-ortho nitro benzene ring substituents is 1. The van der Waals surface area contributed by atoms with Gasteiger partial charge in [-0.05, 0) is 6.07 Å². The van der Waals surface area contributed by atoms with Crippen LogP contribution in [0.2, 0.25) is 0 Å². The van der Waals surface area contributed by atoms with Crippen LogP contribution >= 0.6 is 0 Å². The summed E-state index contributed by atoms with van der Waals surface area (Å²) in [4.78, 5) is 40.3. The quantitative estimate of drug-likeness (QED) is 0.423. The van der Waals surface area contributed by atoms with Crippen molar-refractivity contribution in [3.05, 3.63) is 85.3 Å². The Hall–Kier alpha value is -4.41. The van der Waals surface area contributed by atoms with Crippen LogP contribution in [0.25, 0.3) is 28.1 Å². The predicted octanol–water partition coefficient (Wildman–Crippen LogP) is 2.59. The molecule has 2 heterocycles. The maximum atomic E-state index is 12.4. The summed E-state index contributed by atoms with van der Waals surface area (Å²) in [6, 6.07) is 12.0. The van der Waals surface area contributed by atoms with E-state index in [1.165, 1.54) is 12.3 Å². The molecule has 138 valence electrons. The Morgan fingerprint density at radius 3 is 2.43 bits per heavy atom. The van der Waals surface area contributed by atoms with Gasteiger partial charge in [-0.3, -0.25) is 25.0 Å². The number of hydrogen-bond acceptors (Lipinski definition) is 7. The van der Waals surface area contributed by atoms with E-state index in [9.17, 15) is 25.0 Å². The summed E-state index contributed by atoms with van der Waals surface area (Å²) in [5.74, 6) is 0.268. The number of fused-ring (bicyclic) bond motifs is 1. The molecule has 4 rings (SSSR count). The molecule has 0 spiro atoms. The lowest BCUT2D eigenvalue weighted by molar-refractivity contribution is -0.394. The minimum atomic E-state index is -0.749. The highest BCUT2D eigenvalue weighted by molar-refractivity contribution is 5.78. The first-order valence-electron chi connectivity index (χ1n) is 7.92. The van der Waals surface area contributed by atoms with E-state index in [0.717, 1.165) is 16.8 Å². The number of nitrogens with one attached hydrogen (secondary N) is 1. The Morgan fingerprint density at radius 1 is 1.00 bits per heavy atom. The van der Waals surface area contributed by atoms with Gasteiger partial charge in [0.05, 0.1) is 22.1 Å². The van der Waals surface area contributed by atoms with Crippen LogP contribution in [-0.4, -0.2) is 29.6 Å². The molecular weight excluding hydrogens is 368 g/mol. The summed E-state index contributed by atoms with van der Waals surface area (Å²) < 4.78 is 1.12. The standard InChI is InChI=1S/C17H10N6O5/c24-17-12-9-18-21(13-7-6-11(22(25)26)8-14(13)23(27)28)16(12)19-15(20-17)10-4-2-1-3-5-10/h1-9H,(H,19,20,24). The van der Waals surface area contributed by atoms with E-state index in [-0.39, 0.29) is 22.5 Å². The molecule has 0 radical (unpaired) electrons. The first kappa shape index (κ1) is 17.0. The molecule has 0 amide bonds. The van der Waals surface area contributed by atoms with Gasteiger partial charge in [0.1, 0.15) is 16.9 Å². The Labute approximate surface area is 155 Å². The third-order valence-corrected chi connectivity index (χ3v) is 4.08. The SMILES string of the molecule is O=c1[nH]c(-c2ccccc2)nc2c1cnn2-c1ccc([N+](=O)[O-])cc1[N+](=O)[O-]. The molecule has 0 saturated carbocycles. The third kappa shape index (κ3) is 2.76. The number of H-pyrrole nitrogens is 1. The molecule has 11 heteroatoms. The summed E-state index contributed by atoms with van der Waals surface area (Å²) in [6.07, 6.45) is 1.24. The van der Waals surface area contributed by atoms with E-state index in [1.54, 1.807) is 24.3 Å². The van der Waals surface area contributed by atoms with Gasteiger partial charge >= 0.3 is 5.69 Å². The molecule has 28 heavy (non-hydrogen) atoms. The smallest absolute Gasteiger partial charge is 0.301 e. The summed E-state index contributed by atoms with van der Waals surface area (Å²) in [6.45, 7) is 0. The number of nitro benzene ring substituents is 2. The summed E-state index contributed by atoms with van der Waals surface area (Å²) in [5, 5.41) is 26.5. The van der Waals surface area contributed by atoms with Crippen molar-refractivity contribution in [3.63, 3.8) is 0 Å². The fourth-order valence-corrected chi connectivity index (χ4v) is 2.78. The van der Waals surface area contributed by atoms with E-state index in [0.29, 0.717) is 5.56 Å². The Bertz CT molecular complexity index is 1290. The molecule has 0 atom stereocenters. The normalized spacial score (nSPS) is 10.9. The van der Waals surface area contributed by atoms with Crippen molar-refractivity contribution in [3.8, 4) is 17.1 Å². The van der Waals surface area contributed by atoms with Crippen molar-refractivity contribution in [2.24, 2.45) is 0 Å². The van der Waals surface area contributed by atoms with Gasteiger partial charge in [-0.1, -0.05) is 30.3 Å². The number of rotatable bonds is 4. The molecule has 2 aromatic carbocycles. The number of aromatic nitrogens is 4. The van der Waals surface area contributed by atoms with Crippen LogP contribution < -0.4 is 5.56 Å². The minimum absolute atomic E-state index is 0.0392. The molecule has 2 aromatic heterocycles. The maximum Gasteiger partial charge on any atom is 0.301 e. The van der Waals surface area contributed by atoms with Gasteiger partial charge in [0.2, 0.25) is 0 Å². The van der Waals surface area contributed by atoms with Crippen LogP contribution in [0.15, 0.2) is 59.5 Å². The summed E-state index contributed by atoms with van der Waals surface area (Å²) in [7, 11) is 0. The Balaban J connectivity index is 1.98. The molecule has 0 fully saturated rings. The first-order chi connectivity index (χ1) is 13.5. The molecule has 0 saturated heterocycles. The van der Waals surface area contributed by atoms with E-state index >= 15 is 0 Å². The number of nitrogens with zero attached hydrogens (tertiary/aromatic N) is 5. The maximum absolute atomic E-state index is 12.4. The second kappa shape index (κ2) is 6.39. The van der Waals surface area contributed by atoms with Crippen molar-refractivity contribution in [2.45, 2.75) is 0 Å². The lowest BCUT2D eigenvalue weighted by Gasteiger charge is -2.06. The second-order valence-electron chi connectivity index (χ2n) is 5.76. The average molecular weight is 378 g/mol. The third-order valence-electron chi connectivity index (χ3n) is 4.08.